The molecule has 1 aromatic carbocycles. The summed E-state index contributed by atoms with van der Waals surface area (Å²) in [5.74, 6) is -0.0228. The van der Waals surface area contributed by atoms with Crippen LogP contribution in [0.15, 0.2) is 46.3 Å². The molecule has 1 atom stereocenters. The van der Waals surface area contributed by atoms with Crippen molar-refractivity contribution in [3.05, 3.63) is 51.1 Å². The molecule has 0 aliphatic heterocycles. The molecular weight excluding hydrogens is 336 g/mol. The van der Waals surface area contributed by atoms with E-state index >= 15 is 0 Å². The van der Waals surface area contributed by atoms with Crippen LogP contribution in [0.4, 0.5) is 5.69 Å². The number of hydrogen-bond acceptors (Lipinski definition) is 3. The van der Waals surface area contributed by atoms with Crippen molar-refractivity contribution in [2.45, 2.75) is 19.4 Å². The van der Waals surface area contributed by atoms with E-state index in [0.29, 0.717) is 6.54 Å². The smallest absolute Gasteiger partial charge is 0.238 e. The van der Waals surface area contributed by atoms with Crippen LogP contribution in [0.1, 0.15) is 11.8 Å². The zero-order chi connectivity index (χ0) is 14.4. The number of nitrogens with one attached hydrogen (secondary N) is 2. The summed E-state index contributed by atoms with van der Waals surface area (Å²) in [5.41, 5.74) is 0.811. The Morgan fingerprint density at radius 2 is 2.05 bits per heavy atom. The third kappa shape index (κ3) is 5.07. The van der Waals surface area contributed by atoms with Gasteiger partial charge in [0.2, 0.25) is 5.91 Å². The molecule has 1 unspecified atom stereocenters. The number of carbonyl (C=O) groups excluding carboxylic acids is 1. The number of amides is 1. The largest absolute Gasteiger partial charge is 0.325 e. The van der Waals surface area contributed by atoms with Crippen molar-refractivity contribution >= 4 is 38.9 Å². The topological polar surface area (TPSA) is 41.1 Å². The Kier molecular flexibility index (Phi) is 5.76. The number of thiophene rings is 1. The van der Waals surface area contributed by atoms with Crippen molar-refractivity contribution < 1.29 is 4.79 Å². The lowest BCUT2D eigenvalue weighted by atomic mass is 10.2. The molecule has 0 radical (unpaired) electrons. The number of rotatable bonds is 6. The number of carbonyl (C=O) groups is 1. The normalized spacial score (nSPS) is 12.1. The van der Waals surface area contributed by atoms with Gasteiger partial charge in [-0.05, 0) is 49.1 Å². The van der Waals surface area contributed by atoms with Crippen LogP contribution in [0.25, 0.3) is 0 Å². The van der Waals surface area contributed by atoms with Gasteiger partial charge in [-0.3, -0.25) is 4.79 Å². The second-order valence-electron chi connectivity index (χ2n) is 4.62. The van der Waals surface area contributed by atoms with Gasteiger partial charge in [0.15, 0.2) is 0 Å². The molecule has 5 heteroatoms. The molecule has 0 spiro atoms. The van der Waals surface area contributed by atoms with E-state index < -0.39 is 0 Å². The van der Waals surface area contributed by atoms with Gasteiger partial charge in [0.25, 0.3) is 0 Å². The minimum Gasteiger partial charge on any atom is -0.325 e. The Morgan fingerprint density at radius 1 is 1.30 bits per heavy atom. The molecule has 1 aromatic heterocycles. The van der Waals surface area contributed by atoms with Gasteiger partial charge in [-0.15, -0.1) is 11.3 Å². The van der Waals surface area contributed by atoms with Gasteiger partial charge in [-0.25, -0.2) is 0 Å². The third-order valence-electron chi connectivity index (χ3n) is 2.83. The molecule has 0 aliphatic carbocycles. The maximum atomic E-state index is 11.8. The lowest BCUT2D eigenvalue weighted by Crippen LogP contribution is -2.35. The number of benzene rings is 1. The SMILES string of the molecule is CC(Cc1cccs1)NCC(=O)Nc1ccc(Br)cc1. The summed E-state index contributed by atoms with van der Waals surface area (Å²) < 4.78 is 0.998. The van der Waals surface area contributed by atoms with Crippen LogP contribution in [0.5, 0.6) is 0 Å². The fourth-order valence-electron chi connectivity index (χ4n) is 1.81. The second kappa shape index (κ2) is 7.57. The van der Waals surface area contributed by atoms with Crippen molar-refractivity contribution in [1.82, 2.24) is 5.32 Å². The highest BCUT2D eigenvalue weighted by Gasteiger charge is 2.07. The maximum absolute atomic E-state index is 11.8. The van der Waals surface area contributed by atoms with E-state index in [1.165, 1.54) is 4.88 Å². The number of hydrogen-bond donors (Lipinski definition) is 2. The van der Waals surface area contributed by atoms with E-state index in [1.807, 2.05) is 30.3 Å². The summed E-state index contributed by atoms with van der Waals surface area (Å²) >= 11 is 5.11. The van der Waals surface area contributed by atoms with E-state index in [9.17, 15) is 4.79 Å². The van der Waals surface area contributed by atoms with Crippen LogP contribution in [0, 0.1) is 0 Å². The summed E-state index contributed by atoms with van der Waals surface area (Å²) in [6, 6.07) is 12.0. The van der Waals surface area contributed by atoms with Crippen molar-refractivity contribution in [2.24, 2.45) is 0 Å². The van der Waals surface area contributed by atoms with Crippen molar-refractivity contribution in [2.75, 3.05) is 11.9 Å². The summed E-state index contributed by atoms with van der Waals surface area (Å²) in [6.45, 7) is 2.41. The molecule has 0 saturated carbocycles. The van der Waals surface area contributed by atoms with Crippen molar-refractivity contribution in [1.29, 1.82) is 0 Å². The first-order valence-electron chi connectivity index (χ1n) is 6.44. The second-order valence-corrected chi connectivity index (χ2v) is 6.57. The monoisotopic (exact) mass is 352 g/mol. The van der Waals surface area contributed by atoms with Gasteiger partial charge in [0.05, 0.1) is 6.54 Å². The molecule has 0 saturated heterocycles. The lowest BCUT2D eigenvalue weighted by molar-refractivity contribution is -0.115. The molecule has 3 nitrogen and oxygen atoms in total. The van der Waals surface area contributed by atoms with Gasteiger partial charge in [0, 0.05) is 21.1 Å². The molecule has 2 aromatic rings. The molecule has 106 valence electrons. The summed E-state index contributed by atoms with van der Waals surface area (Å²) in [7, 11) is 0. The van der Waals surface area contributed by atoms with Crippen LogP contribution < -0.4 is 10.6 Å². The average Bonchev–Trinajstić information content (AvgIpc) is 2.92. The highest BCUT2D eigenvalue weighted by atomic mass is 79.9. The molecule has 0 bridgehead atoms. The van der Waals surface area contributed by atoms with Gasteiger partial charge in [-0.2, -0.15) is 0 Å². The number of anilines is 1. The minimum absolute atomic E-state index is 0.0228. The highest BCUT2D eigenvalue weighted by Crippen LogP contribution is 2.14. The minimum atomic E-state index is -0.0228. The molecule has 0 aliphatic rings. The van der Waals surface area contributed by atoms with Crippen LogP contribution in [-0.2, 0) is 11.2 Å². The predicted octanol–water partition coefficient (Wildman–Crippen LogP) is 3.67. The van der Waals surface area contributed by atoms with E-state index in [4.69, 9.17) is 0 Å². The Hall–Kier alpha value is -1.17. The summed E-state index contributed by atoms with van der Waals surface area (Å²) in [5, 5.41) is 8.17. The summed E-state index contributed by atoms with van der Waals surface area (Å²) in [6.07, 6.45) is 0.948. The standard InChI is InChI=1S/C15H17BrN2OS/c1-11(9-14-3-2-8-20-14)17-10-15(19)18-13-6-4-12(16)5-7-13/h2-8,11,17H,9-10H2,1H3,(H,18,19). The van der Waals surface area contributed by atoms with Crippen LogP contribution in [0.2, 0.25) is 0 Å². The maximum Gasteiger partial charge on any atom is 0.238 e. The zero-order valence-electron chi connectivity index (χ0n) is 11.2. The Labute approximate surface area is 131 Å². The summed E-state index contributed by atoms with van der Waals surface area (Å²) in [4.78, 5) is 13.2. The predicted molar refractivity (Wildman–Crippen MR) is 88.3 cm³/mol. The quantitative estimate of drug-likeness (QED) is 0.832. The number of halogens is 1. The molecule has 1 amide bonds. The van der Waals surface area contributed by atoms with Crippen molar-refractivity contribution in [3.8, 4) is 0 Å². The van der Waals surface area contributed by atoms with Gasteiger partial charge >= 0.3 is 0 Å². The van der Waals surface area contributed by atoms with E-state index in [2.05, 4.69) is 44.9 Å². The van der Waals surface area contributed by atoms with Gasteiger partial charge < -0.3 is 10.6 Å². The lowest BCUT2D eigenvalue weighted by Gasteiger charge is -2.12. The van der Waals surface area contributed by atoms with E-state index in [1.54, 1.807) is 11.3 Å². The van der Waals surface area contributed by atoms with E-state index in [-0.39, 0.29) is 11.9 Å². The fraction of sp³-hybridized carbons (Fsp3) is 0.267. The Morgan fingerprint density at radius 3 is 2.70 bits per heavy atom. The van der Waals surface area contributed by atoms with Crippen LogP contribution >= 0.6 is 27.3 Å². The molecular formula is C15H17BrN2OS. The highest BCUT2D eigenvalue weighted by molar-refractivity contribution is 9.10. The van der Waals surface area contributed by atoms with Gasteiger partial charge in [0.1, 0.15) is 0 Å². The third-order valence-corrected chi connectivity index (χ3v) is 4.25. The Bertz CT molecular complexity index is 540. The van der Waals surface area contributed by atoms with Crippen LogP contribution in [0.3, 0.4) is 0 Å². The van der Waals surface area contributed by atoms with E-state index in [0.717, 1.165) is 16.6 Å². The molecule has 2 N–H and O–H groups in total. The zero-order valence-corrected chi connectivity index (χ0v) is 13.6. The molecule has 0 fully saturated rings. The fourth-order valence-corrected chi connectivity index (χ4v) is 2.91. The van der Waals surface area contributed by atoms with Gasteiger partial charge in [-0.1, -0.05) is 22.0 Å². The molecule has 20 heavy (non-hydrogen) atoms. The molecule has 1 heterocycles. The average molecular weight is 353 g/mol. The Balaban J connectivity index is 1.73. The van der Waals surface area contributed by atoms with Crippen molar-refractivity contribution in [3.63, 3.8) is 0 Å². The van der Waals surface area contributed by atoms with Crippen LogP contribution in [-0.4, -0.2) is 18.5 Å². The molecule has 2 rings (SSSR count). The first kappa shape index (κ1) is 15.2. The first-order valence-corrected chi connectivity index (χ1v) is 8.12. The first-order chi connectivity index (χ1) is 9.63.